The summed E-state index contributed by atoms with van der Waals surface area (Å²) in [6.07, 6.45) is 0. The van der Waals surface area contributed by atoms with Crippen LogP contribution in [0.3, 0.4) is 0 Å². The third-order valence-electron chi connectivity index (χ3n) is 3.78. The lowest BCUT2D eigenvalue weighted by Gasteiger charge is -2.36. The first kappa shape index (κ1) is 16.6. The van der Waals surface area contributed by atoms with Crippen molar-refractivity contribution < 1.29 is 8.42 Å². The Bertz CT molecular complexity index is 577. The van der Waals surface area contributed by atoms with Crippen LogP contribution in [0.15, 0.2) is 29.2 Å². The van der Waals surface area contributed by atoms with E-state index in [0.29, 0.717) is 24.5 Å². The van der Waals surface area contributed by atoms with Crippen LogP contribution in [0, 0.1) is 0 Å². The number of sulfonamides is 1. The third-order valence-corrected chi connectivity index (χ3v) is 6.88. The van der Waals surface area contributed by atoms with Gasteiger partial charge >= 0.3 is 0 Å². The van der Waals surface area contributed by atoms with E-state index >= 15 is 0 Å². The van der Waals surface area contributed by atoms with Crippen molar-refractivity contribution in [2.24, 2.45) is 0 Å². The average Bonchev–Trinajstić information content (AvgIpc) is 2.41. The van der Waals surface area contributed by atoms with Crippen LogP contribution in [0.5, 0.6) is 0 Å². The van der Waals surface area contributed by atoms with Crippen molar-refractivity contribution in [3.8, 4) is 0 Å². The number of nitrogens with two attached hydrogens (primary N) is 1. The molecule has 0 bridgehead atoms. The third kappa shape index (κ3) is 4.60. The van der Waals surface area contributed by atoms with E-state index in [1.807, 2.05) is 31.3 Å². The maximum absolute atomic E-state index is 12.4. The highest BCUT2D eigenvalue weighted by atomic mass is 32.2. The van der Waals surface area contributed by atoms with Gasteiger partial charge in [-0.25, -0.2) is 8.42 Å². The zero-order chi connectivity index (χ0) is 15.5. The van der Waals surface area contributed by atoms with Crippen LogP contribution >= 0.6 is 11.8 Å². The number of nitrogens with zero attached hydrogens (tertiary/aromatic N) is 2. The molecule has 0 radical (unpaired) electrons. The molecule has 5 nitrogen and oxygen atoms in total. The van der Waals surface area contributed by atoms with Gasteiger partial charge < -0.3 is 10.6 Å². The Morgan fingerprint density at radius 2 is 2.14 bits per heavy atom. The van der Waals surface area contributed by atoms with Crippen molar-refractivity contribution in [3.05, 3.63) is 24.3 Å². The second kappa shape index (κ2) is 7.00. The van der Waals surface area contributed by atoms with Crippen LogP contribution in [-0.4, -0.2) is 61.9 Å². The predicted octanol–water partition coefficient (Wildman–Crippen LogP) is 1.33. The highest BCUT2D eigenvalue weighted by Crippen LogP contribution is 2.21. The molecule has 0 aliphatic carbocycles. The van der Waals surface area contributed by atoms with Gasteiger partial charge in [-0.2, -0.15) is 4.31 Å². The molecule has 0 saturated carbocycles. The Balaban J connectivity index is 1.87. The lowest BCUT2D eigenvalue weighted by molar-refractivity contribution is 0.160. The lowest BCUT2D eigenvalue weighted by atomic mass is 10.2. The van der Waals surface area contributed by atoms with Crippen LogP contribution in [0.4, 0.5) is 5.69 Å². The first-order valence-corrected chi connectivity index (χ1v) is 9.64. The molecule has 21 heavy (non-hydrogen) atoms. The Morgan fingerprint density at radius 1 is 1.38 bits per heavy atom. The molecule has 1 heterocycles. The van der Waals surface area contributed by atoms with Gasteiger partial charge in [0.05, 0.1) is 5.75 Å². The minimum absolute atomic E-state index is 0.170. The molecular formula is C14H23N3O2S2. The fourth-order valence-corrected chi connectivity index (χ4v) is 5.13. The van der Waals surface area contributed by atoms with Gasteiger partial charge in [0.1, 0.15) is 0 Å². The Kier molecular flexibility index (Phi) is 5.54. The largest absolute Gasteiger partial charge is 0.399 e. The highest BCUT2D eigenvalue weighted by molar-refractivity contribution is 8.00. The smallest absolute Gasteiger partial charge is 0.215 e. The van der Waals surface area contributed by atoms with Gasteiger partial charge in [-0.3, -0.25) is 0 Å². The molecule has 1 aliphatic rings. The summed E-state index contributed by atoms with van der Waals surface area (Å²) in [6.45, 7) is 4.03. The summed E-state index contributed by atoms with van der Waals surface area (Å²) < 4.78 is 26.4. The van der Waals surface area contributed by atoms with E-state index in [1.54, 1.807) is 4.31 Å². The zero-order valence-electron chi connectivity index (χ0n) is 12.5. The van der Waals surface area contributed by atoms with Crippen LogP contribution in [0.1, 0.15) is 6.92 Å². The number of benzene rings is 1. The summed E-state index contributed by atoms with van der Waals surface area (Å²) in [7, 11) is -1.13. The van der Waals surface area contributed by atoms with E-state index < -0.39 is 10.0 Å². The minimum atomic E-state index is -3.17. The normalized spacial score (nSPS) is 21.5. The molecule has 7 heteroatoms. The molecule has 1 unspecified atom stereocenters. The number of rotatable bonds is 5. The number of nitrogen functional groups attached to an aromatic ring is 1. The molecule has 2 N–H and O–H groups in total. The molecule has 0 amide bonds. The van der Waals surface area contributed by atoms with Crippen LogP contribution < -0.4 is 5.73 Å². The van der Waals surface area contributed by atoms with Crippen molar-refractivity contribution in [2.45, 2.75) is 17.9 Å². The van der Waals surface area contributed by atoms with Crippen LogP contribution in [0.25, 0.3) is 0 Å². The van der Waals surface area contributed by atoms with E-state index in [4.69, 9.17) is 5.73 Å². The van der Waals surface area contributed by atoms with Gasteiger partial charge in [-0.15, -0.1) is 11.8 Å². The quantitative estimate of drug-likeness (QED) is 0.652. The number of thioether (sulfide) groups is 1. The van der Waals surface area contributed by atoms with Gasteiger partial charge in [0.25, 0.3) is 0 Å². The molecule has 2 rings (SSSR count). The van der Waals surface area contributed by atoms with Gasteiger partial charge in [0, 0.05) is 42.0 Å². The lowest BCUT2D eigenvalue weighted by Crippen LogP contribution is -2.52. The molecular weight excluding hydrogens is 306 g/mol. The van der Waals surface area contributed by atoms with E-state index in [2.05, 4.69) is 11.8 Å². The Labute approximate surface area is 131 Å². The fourth-order valence-electron chi connectivity index (χ4n) is 2.27. The molecule has 1 aromatic carbocycles. The summed E-state index contributed by atoms with van der Waals surface area (Å²) in [4.78, 5) is 3.20. The van der Waals surface area contributed by atoms with E-state index in [9.17, 15) is 8.42 Å². The summed E-state index contributed by atoms with van der Waals surface area (Å²) >= 11 is 1.53. The van der Waals surface area contributed by atoms with Gasteiger partial charge in [0.2, 0.25) is 10.0 Å². The van der Waals surface area contributed by atoms with Crippen LogP contribution in [0.2, 0.25) is 0 Å². The zero-order valence-corrected chi connectivity index (χ0v) is 14.2. The molecule has 1 fully saturated rings. The van der Waals surface area contributed by atoms with Gasteiger partial charge in [-0.05, 0) is 32.2 Å². The summed E-state index contributed by atoms with van der Waals surface area (Å²) in [5.74, 6) is 0.718. The predicted molar refractivity (Wildman–Crippen MR) is 89.0 cm³/mol. The maximum atomic E-state index is 12.4. The van der Waals surface area contributed by atoms with Gasteiger partial charge in [0.15, 0.2) is 0 Å². The number of piperazine rings is 1. The number of hydrogen-bond donors (Lipinski definition) is 1. The summed E-state index contributed by atoms with van der Waals surface area (Å²) in [6, 6.07) is 7.80. The SMILES string of the molecule is CC1CN(S(=O)(=O)CCSc2cccc(N)c2)CCN1C. The molecule has 118 valence electrons. The molecule has 1 aliphatic heterocycles. The minimum Gasteiger partial charge on any atom is -0.399 e. The Morgan fingerprint density at radius 3 is 2.81 bits per heavy atom. The van der Waals surface area contributed by atoms with E-state index in [0.717, 1.165) is 11.4 Å². The van der Waals surface area contributed by atoms with Crippen molar-refractivity contribution in [1.82, 2.24) is 9.21 Å². The van der Waals surface area contributed by atoms with Crippen molar-refractivity contribution in [2.75, 3.05) is 43.9 Å². The molecule has 1 atom stereocenters. The van der Waals surface area contributed by atoms with Crippen molar-refractivity contribution in [1.29, 1.82) is 0 Å². The first-order chi connectivity index (χ1) is 9.88. The Hall–Kier alpha value is -0.760. The fraction of sp³-hybridized carbons (Fsp3) is 0.571. The first-order valence-electron chi connectivity index (χ1n) is 7.05. The highest BCUT2D eigenvalue weighted by Gasteiger charge is 2.29. The number of likely N-dealkylation sites (N-methyl/N-ethyl adjacent to an activating group) is 1. The van der Waals surface area contributed by atoms with Crippen molar-refractivity contribution >= 4 is 27.5 Å². The average molecular weight is 329 g/mol. The number of anilines is 1. The van der Waals surface area contributed by atoms with E-state index in [1.165, 1.54) is 11.8 Å². The molecule has 1 saturated heterocycles. The molecule has 1 aromatic rings. The topological polar surface area (TPSA) is 66.6 Å². The second-order valence-electron chi connectivity index (χ2n) is 5.42. The summed E-state index contributed by atoms with van der Waals surface area (Å²) in [5.41, 5.74) is 6.42. The second-order valence-corrected chi connectivity index (χ2v) is 8.68. The molecule has 0 aromatic heterocycles. The van der Waals surface area contributed by atoms with Crippen molar-refractivity contribution in [3.63, 3.8) is 0 Å². The van der Waals surface area contributed by atoms with Gasteiger partial charge in [-0.1, -0.05) is 6.07 Å². The maximum Gasteiger partial charge on any atom is 0.215 e. The monoisotopic (exact) mass is 329 g/mol. The standard InChI is InChI=1S/C14H23N3O2S2/c1-12-11-17(7-6-16(12)2)21(18,19)9-8-20-14-5-3-4-13(15)10-14/h3-5,10,12H,6-9,11,15H2,1-2H3. The molecule has 0 spiro atoms. The van der Waals surface area contributed by atoms with Crippen LogP contribution in [-0.2, 0) is 10.0 Å². The van der Waals surface area contributed by atoms with E-state index in [-0.39, 0.29) is 11.8 Å². The summed E-state index contributed by atoms with van der Waals surface area (Å²) in [5, 5.41) is 0. The number of hydrogen-bond acceptors (Lipinski definition) is 5.